The summed E-state index contributed by atoms with van der Waals surface area (Å²) in [5, 5.41) is 8.66. The Morgan fingerprint density at radius 3 is 2.12 bits per heavy atom. The van der Waals surface area contributed by atoms with E-state index >= 15 is 0 Å². The molecule has 3 fully saturated rings. The zero-order valence-electron chi connectivity index (χ0n) is 38.0. The van der Waals surface area contributed by atoms with E-state index in [1.807, 2.05) is 0 Å². The number of carbonyl (C=O) groups excluding carboxylic acids is 5. The molecule has 19 heteroatoms. The van der Waals surface area contributed by atoms with Gasteiger partial charge < -0.3 is 39.2 Å². The number of ether oxygens (including phenoxy) is 5. The molecule has 1 aliphatic carbocycles. The van der Waals surface area contributed by atoms with Crippen LogP contribution in [0.25, 0.3) is 0 Å². The lowest BCUT2D eigenvalue weighted by Gasteiger charge is -2.39. The minimum Gasteiger partial charge on any atom is -0.491 e. The highest BCUT2D eigenvalue weighted by Gasteiger charge is 2.45. The third-order valence-corrected chi connectivity index (χ3v) is 13.1. The quantitative estimate of drug-likeness (QED) is 0.0793. The molecule has 0 radical (unpaired) electrons. The molecule has 2 saturated heterocycles. The van der Waals surface area contributed by atoms with Crippen LogP contribution in [0.1, 0.15) is 107 Å². The Morgan fingerprint density at radius 2 is 1.42 bits per heavy atom. The molecule has 69 heavy (non-hydrogen) atoms. The van der Waals surface area contributed by atoms with E-state index in [4.69, 9.17) is 23.7 Å². The summed E-state index contributed by atoms with van der Waals surface area (Å²) in [6.45, 7) is 6.38. The second-order valence-corrected chi connectivity index (χ2v) is 17.8. The van der Waals surface area contributed by atoms with Crippen LogP contribution < -0.4 is 25.6 Å². The number of piperidine rings is 2. The second-order valence-electron chi connectivity index (χ2n) is 17.8. The molecule has 8 rings (SSSR count). The maximum Gasteiger partial charge on any atom is 0.416 e. The third-order valence-electron chi connectivity index (χ3n) is 13.1. The molecule has 2 atom stereocenters. The lowest BCUT2D eigenvalue weighted by atomic mass is 9.85. The summed E-state index contributed by atoms with van der Waals surface area (Å²) >= 11 is 0. The summed E-state index contributed by atoms with van der Waals surface area (Å²) < 4.78 is 69.0. The number of amides is 5. The third kappa shape index (κ3) is 13.0. The number of alkyl halides is 3. The van der Waals surface area contributed by atoms with Gasteiger partial charge in [-0.15, -0.1) is 0 Å². The smallest absolute Gasteiger partial charge is 0.416 e. The average molecular weight is 965 g/mol. The summed E-state index contributed by atoms with van der Waals surface area (Å²) in [5.41, 5.74) is 2.45. The first kappa shape index (κ1) is 51.3. The number of nitrogens with zero attached hydrogens (tertiary/aromatic N) is 3. The molecule has 374 valence electrons. The molecule has 3 aromatic rings. The molecular weight excluding hydrogens is 902 g/mol. The summed E-state index contributed by atoms with van der Waals surface area (Å²) in [7, 11) is 0. The molecule has 5 amide bonds. The number of benzene rings is 3. The Labute approximate surface area is 400 Å². The van der Waals surface area contributed by atoms with E-state index in [9.17, 15) is 37.1 Å². The first-order valence-corrected chi connectivity index (χ1v) is 23.6. The van der Waals surface area contributed by atoms with Gasteiger partial charge in [0.15, 0.2) is 6.29 Å². The molecule has 0 spiro atoms. The Kier molecular flexibility index (Phi) is 17.7. The molecule has 2 unspecified atom stereocenters. The van der Waals surface area contributed by atoms with E-state index in [0.29, 0.717) is 57.9 Å². The van der Waals surface area contributed by atoms with Gasteiger partial charge in [-0.05, 0) is 118 Å². The van der Waals surface area contributed by atoms with Crippen LogP contribution >= 0.6 is 0 Å². The number of fused-ring (bicyclic) bond motifs is 2. The van der Waals surface area contributed by atoms with Crippen LogP contribution in [0.3, 0.4) is 0 Å². The Morgan fingerprint density at radius 1 is 0.739 bits per heavy atom. The normalized spacial score (nSPS) is 21.6. The number of carbonyl (C=O) groups is 5. The van der Waals surface area contributed by atoms with Crippen molar-refractivity contribution >= 4 is 40.9 Å². The van der Waals surface area contributed by atoms with Crippen LogP contribution in [0.15, 0.2) is 60.7 Å². The predicted octanol–water partition coefficient (Wildman–Crippen LogP) is 6.38. The molecular formula is C50H63F3N6O10. The van der Waals surface area contributed by atoms with Crippen LogP contribution in [0.4, 0.5) is 24.5 Å². The van der Waals surface area contributed by atoms with E-state index in [1.165, 1.54) is 49.1 Å². The summed E-state index contributed by atoms with van der Waals surface area (Å²) in [6.07, 6.45) is 2.15. The highest BCUT2D eigenvalue weighted by atomic mass is 19.4. The number of imide groups is 2. The van der Waals surface area contributed by atoms with Crippen molar-refractivity contribution in [2.24, 2.45) is 5.92 Å². The first-order chi connectivity index (χ1) is 32.9. The van der Waals surface area contributed by atoms with Crippen molar-refractivity contribution in [3.05, 3.63) is 88.5 Å². The van der Waals surface area contributed by atoms with E-state index < -0.39 is 53.6 Å². The number of nitrogens with one attached hydrogen (secondary N) is 3. The van der Waals surface area contributed by atoms with Gasteiger partial charge in [-0.1, -0.05) is 26.0 Å². The van der Waals surface area contributed by atoms with E-state index in [0.717, 1.165) is 73.7 Å². The maximum absolute atomic E-state index is 13.5. The molecule has 1 saturated carbocycles. The van der Waals surface area contributed by atoms with Crippen LogP contribution in [0.5, 0.6) is 5.75 Å². The van der Waals surface area contributed by atoms with E-state index in [-0.39, 0.29) is 56.2 Å². The van der Waals surface area contributed by atoms with Crippen molar-refractivity contribution in [1.29, 1.82) is 0 Å². The van der Waals surface area contributed by atoms with Crippen LogP contribution in [-0.2, 0) is 41.3 Å². The first-order valence-electron chi connectivity index (χ1n) is 23.6. The standard InChI is InChI=1S/C49H59F3N6O10.CH4/c50-49(51,52)35-6-4-5-34(28-35)44(60)55-48-53-40-27-33(30-56-17-2-1-3-18-56)9-14-41(40)57(48)36-10-7-32(8-11-36)31-67-24-23-65-20-19-64-21-22-66-25-26-68-37-12-13-38-39(29-37)47(63)58(46(38)62)42-15-16-43(59)54-45(42)61;/h4-6,9,12-14,27-29,32,36,42,48,53H,1-3,7-8,10-11,15-26,30-31H2,(H,55,60)(H,54,59,61);1H4. The molecule has 4 heterocycles. The fourth-order valence-electron chi connectivity index (χ4n) is 9.57. The zero-order valence-corrected chi connectivity index (χ0v) is 38.0. The predicted molar refractivity (Wildman–Crippen MR) is 249 cm³/mol. The fraction of sp³-hybridized carbons (Fsp3) is 0.540. The van der Waals surface area contributed by atoms with Gasteiger partial charge in [-0.3, -0.25) is 39.1 Å². The summed E-state index contributed by atoms with van der Waals surface area (Å²) in [4.78, 5) is 68.7. The summed E-state index contributed by atoms with van der Waals surface area (Å²) in [5.74, 6) is -2.12. The van der Waals surface area contributed by atoms with Crippen molar-refractivity contribution in [3.8, 4) is 5.75 Å². The molecule has 0 aromatic heterocycles. The average Bonchev–Trinajstić information content (AvgIpc) is 3.80. The van der Waals surface area contributed by atoms with Gasteiger partial charge in [0.25, 0.3) is 17.7 Å². The largest absolute Gasteiger partial charge is 0.491 e. The van der Waals surface area contributed by atoms with Crippen LogP contribution in [-0.4, -0.2) is 130 Å². The van der Waals surface area contributed by atoms with Gasteiger partial charge in [0, 0.05) is 31.2 Å². The van der Waals surface area contributed by atoms with Crippen molar-refractivity contribution < 1.29 is 60.8 Å². The highest BCUT2D eigenvalue weighted by Crippen LogP contribution is 2.41. The number of hydrogen-bond acceptors (Lipinski definition) is 13. The van der Waals surface area contributed by atoms with Gasteiger partial charge in [-0.2, -0.15) is 13.2 Å². The monoisotopic (exact) mass is 964 g/mol. The van der Waals surface area contributed by atoms with Gasteiger partial charge in [-0.25, -0.2) is 0 Å². The van der Waals surface area contributed by atoms with Gasteiger partial charge in [0.1, 0.15) is 18.4 Å². The zero-order chi connectivity index (χ0) is 47.6. The number of hydrogen-bond donors (Lipinski definition) is 3. The molecule has 16 nitrogen and oxygen atoms in total. The number of halogens is 3. The Balaban J connectivity index is 0.00000703. The van der Waals surface area contributed by atoms with Gasteiger partial charge >= 0.3 is 6.18 Å². The minimum atomic E-state index is -4.56. The molecule has 0 bridgehead atoms. The number of likely N-dealkylation sites (tertiary alicyclic amines) is 1. The minimum absolute atomic E-state index is 0. The van der Waals surface area contributed by atoms with E-state index in [1.54, 1.807) is 6.07 Å². The van der Waals surface area contributed by atoms with Gasteiger partial charge in [0.2, 0.25) is 11.8 Å². The molecule has 5 aliphatic rings. The van der Waals surface area contributed by atoms with Gasteiger partial charge in [0.05, 0.1) is 74.3 Å². The maximum atomic E-state index is 13.5. The SMILES string of the molecule is C.O=C1CCC(N2C(=O)c3ccc(OCCOCCOCCOCCOCC4CCC(N5c6ccc(CN7CCCCC7)cc6NC5NC(=O)c5cccc(C(F)(F)F)c5)CC4)cc3C2=O)C(=O)N1. The lowest BCUT2D eigenvalue weighted by molar-refractivity contribution is -0.138. The summed E-state index contributed by atoms with van der Waals surface area (Å²) in [6, 6.07) is 14.5. The van der Waals surface area contributed by atoms with E-state index in [2.05, 4.69) is 43.9 Å². The molecule has 4 aliphatic heterocycles. The van der Waals surface area contributed by atoms with Crippen molar-refractivity contribution in [3.63, 3.8) is 0 Å². The Bertz CT molecular complexity index is 2290. The highest BCUT2D eigenvalue weighted by molar-refractivity contribution is 6.23. The second kappa shape index (κ2) is 23.8. The fourth-order valence-corrected chi connectivity index (χ4v) is 9.57. The van der Waals surface area contributed by atoms with Crippen molar-refractivity contribution in [2.75, 3.05) is 82.8 Å². The van der Waals surface area contributed by atoms with Crippen LogP contribution in [0, 0.1) is 5.92 Å². The lowest BCUT2D eigenvalue weighted by Crippen LogP contribution is -2.54. The number of rotatable bonds is 21. The number of anilines is 2. The topological polar surface area (TPSA) is 177 Å². The molecule has 3 N–H and O–H groups in total. The van der Waals surface area contributed by atoms with Crippen molar-refractivity contribution in [2.45, 2.75) is 96.3 Å². The molecule has 3 aromatic carbocycles. The van der Waals surface area contributed by atoms with Crippen LogP contribution in [0.2, 0.25) is 0 Å². The van der Waals surface area contributed by atoms with Crippen molar-refractivity contribution in [1.82, 2.24) is 20.4 Å². The Hall–Kier alpha value is -5.60.